The Morgan fingerprint density at radius 3 is 2.68 bits per heavy atom. The first-order chi connectivity index (χ1) is 10.4. The van der Waals surface area contributed by atoms with Crippen molar-refractivity contribution in [3.8, 4) is 0 Å². The minimum atomic E-state index is -0.648. The average Bonchev–Trinajstić information content (AvgIpc) is 2.81. The van der Waals surface area contributed by atoms with Crippen molar-refractivity contribution in [2.45, 2.75) is 31.8 Å². The van der Waals surface area contributed by atoms with Crippen LogP contribution in [0.3, 0.4) is 0 Å². The van der Waals surface area contributed by atoms with Gasteiger partial charge in [0, 0.05) is 5.56 Å². The lowest BCUT2D eigenvalue weighted by Crippen LogP contribution is -2.37. The average molecular weight is 305 g/mol. The van der Waals surface area contributed by atoms with Crippen LogP contribution in [0.25, 0.3) is 0 Å². The number of ether oxygens (including phenoxy) is 3. The molecule has 1 aromatic carbocycles. The first-order valence-electron chi connectivity index (χ1n) is 7.31. The highest BCUT2D eigenvalue weighted by Gasteiger charge is 2.43. The maximum absolute atomic E-state index is 11.8. The second kappa shape index (κ2) is 7.05. The maximum atomic E-state index is 11.8. The van der Waals surface area contributed by atoms with Gasteiger partial charge in [-0.15, -0.1) is 6.58 Å². The first kappa shape index (κ1) is 16.7. The molecule has 0 bridgehead atoms. The second-order valence-corrected chi connectivity index (χ2v) is 5.82. The standard InChI is InChI=1S/C17H23NO4/c1-4-17(14-21-16(2,3)22-17)13-20-11-10-18(19)12-15-8-6-5-7-9-15/h4-10H,1,11-14H2,2-3H3/b18-10+. The highest BCUT2D eigenvalue weighted by molar-refractivity contribution is 5.52. The molecule has 22 heavy (non-hydrogen) atoms. The van der Waals surface area contributed by atoms with E-state index in [-0.39, 0.29) is 6.61 Å². The van der Waals surface area contributed by atoms with Crippen LogP contribution in [0.5, 0.6) is 0 Å². The number of hydrogen-bond acceptors (Lipinski definition) is 4. The van der Waals surface area contributed by atoms with Gasteiger partial charge >= 0.3 is 0 Å². The summed E-state index contributed by atoms with van der Waals surface area (Å²) in [5, 5.41) is 11.8. The number of hydrogen-bond donors (Lipinski definition) is 0. The zero-order valence-electron chi connectivity index (χ0n) is 13.2. The molecule has 1 fully saturated rings. The van der Waals surface area contributed by atoms with Crippen LogP contribution in [0.1, 0.15) is 19.4 Å². The fourth-order valence-electron chi connectivity index (χ4n) is 2.27. The summed E-state index contributed by atoms with van der Waals surface area (Å²) in [4.78, 5) is 0. The molecule has 1 atom stereocenters. The van der Waals surface area contributed by atoms with E-state index in [1.54, 1.807) is 6.08 Å². The molecular weight excluding hydrogens is 282 g/mol. The van der Waals surface area contributed by atoms with Gasteiger partial charge in [-0.3, -0.25) is 0 Å². The highest BCUT2D eigenvalue weighted by atomic mass is 16.8. The lowest BCUT2D eigenvalue weighted by Gasteiger charge is -2.25. The Bertz CT molecular complexity index is 527. The van der Waals surface area contributed by atoms with Crippen LogP contribution in [0.2, 0.25) is 0 Å². The van der Waals surface area contributed by atoms with Gasteiger partial charge < -0.3 is 19.4 Å². The quantitative estimate of drug-likeness (QED) is 0.194. The molecule has 0 N–H and O–H groups in total. The Hall–Kier alpha value is -1.69. The number of benzene rings is 1. The van der Waals surface area contributed by atoms with Crippen molar-refractivity contribution in [1.82, 2.24) is 0 Å². The molecule has 1 aliphatic heterocycles. The lowest BCUT2D eigenvalue weighted by atomic mass is 10.1. The minimum Gasteiger partial charge on any atom is -0.624 e. The van der Waals surface area contributed by atoms with Crippen LogP contribution in [0, 0.1) is 5.21 Å². The van der Waals surface area contributed by atoms with Crippen molar-refractivity contribution in [1.29, 1.82) is 0 Å². The van der Waals surface area contributed by atoms with E-state index in [4.69, 9.17) is 14.2 Å². The molecule has 2 rings (SSSR count). The summed E-state index contributed by atoms with van der Waals surface area (Å²) in [6, 6.07) is 9.57. The van der Waals surface area contributed by atoms with Gasteiger partial charge in [-0.2, -0.15) is 0 Å². The third-order valence-corrected chi connectivity index (χ3v) is 3.41. The molecule has 1 unspecified atom stereocenters. The van der Waals surface area contributed by atoms with Gasteiger partial charge in [0.05, 0.1) is 13.2 Å². The van der Waals surface area contributed by atoms with Crippen LogP contribution in [0.15, 0.2) is 43.0 Å². The van der Waals surface area contributed by atoms with E-state index in [1.807, 2.05) is 44.2 Å². The number of rotatable bonds is 7. The molecule has 1 saturated heterocycles. The predicted octanol–water partition coefficient (Wildman–Crippen LogP) is 2.49. The van der Waals surface area contributed by atoms with Crippen LogP contribution in [-0.4, -0.2) is 42.2 Å². The highest BCUT2D eigenvalue weighted by Crippen LogP contribution is 2.31. The number of nitrogens with zero attached hydrogens (tertiary/aromatic N) is 1. The van der Waals surface area contributed by atoms with Gasteiger partial charge in [0.25, 0.3) is 0 Å². The Morgan fingerprint density at radius 2 is 2.09 bits per heavy atom. The summed E-state index contributed by atoms with van der Waals surface area (Å²) in [6.45, 7) is 8.71. The van der Waals surface area contributed by atoms with E-state index >= 15 is 0 Å². The summed E-state index contributed by atoms with van der Waals surface area (Å²) in [5.74, 6) is -0.640. The van der Waals surface area contributed by atoms with Crippen molar-refractivity contribution >= 4 is 6.21 Å². The van der Waals surface area contributed by atoms with E-state index in [0.717, 1.165) is 10.3 Å². The summed E-state index contributed by atoms with van der Waals surface area (Å²) in [6.07, 6.45) is 3.17. The smallest absolute Gasteiger partial charge is 0.178 e. The van der Waals surface area contributed by atoms with Gasteiger partial charge in [-0.25, -0.2) is 4.74 Å². The summed E-state index contributed by atoms with van der Waals surface area (Å²) >= 11 is 0. The Morgan fingerprint density at radius 1 is 1.36 bits per heavy atom. The zero-order chi connectivity index (χ0) is 16.1. The molecule has 0 aliphatic carbocycles. The van der Waals surface area contributed by atoms with Crippen LogP contribution >= 0.6 is 0 Å². The van der Waals surface area contributed by atoms with Crippen molar-refractivity contribution < 1.29 is 18.9 Å². The van der Waals surface area contributed by atoms with E-state index < -0.39 is 11.4 Å². The number of hydroxylamine groups is 1. The predicted molar refractivity (Wildman–Crippen MR) is 84.7 cm³/mol. The van der Waals surface area contributed by atoms with Crippen LogP contribution in [0.4, 0.5) is 0 Å². The van der Waals surface area contributed by atoms with Gasteiger partial charge in [0.1, 0.15) is 12.2 Å². The normalized spacial score (nSPS) is 24.4. The molecule has 0 spiro atoms. The summed E-state index contributed by atoms with van der Waals surface area (Å²) < 4.78 is 17.8. The van der Waals surface area contributed by atoms with Crippen LogP contribution in [-0.2, 0) is 20.8 Å². The first-order valence-corrected chi connectivity index (χ1v) is 7.31. The monoisotopic (exact) mass is 305 g/mol. The molecule has 120 valence electrons. The molecule has 1 heterocycles. The molecule has 0 radical (unpaired) electrons. The van der Waals surface area contributed by atoms with Crippen LogP contribution < -0.4 is 0 Å². The van der Waals surface area contributed by atoms with Crippen molar-refractivity contribution in [2.24, 2.45) is 0 Å². The van der Waals surface area contributed by atoms with E-state index in [9.17, 15) is 5.21 Å². The van der Waals surface area contributed by atoms with Crippen molar-refractivity contribution in [3.05, 3.63) is 53.8 Å². The fraction of sp³-hybridized carbons (Fsp3) is 0.471. The van der Waals surface area contributed by atoms with E-state index in [0.29, 0.717) is 19.8 Å². The van der Waals surface area contributed by atoms with Crippen molar-refractivity contribution in [3.63, 3.8) is 0 Å². The van der Waals surface area contributed by atoms with E-state index in [1.165, 1.54) is 6.21 Å². The van der Waals surface area contributed by atoms with Gasteiger partial charge in [0.15, 0.2) is 18.5 Å². The van der Waals surface area contributed by atoms with E-state index in [2.05, 4.69) is 6.58 Å². The van der Waals surface area contributed by atoms with Crippen molar-refractivity contribution in [2.75, 3.05) is 19.8 Å². The third kappa shape index (κ3) is 4.66. The topological polar surface area (TPSA) is 53.8 Å². The maximum Gasteiger partial charge on any atom is 0.178 e. The Labute approximate surface area is 131 Å². The minimum absolute atomic E-state index is 0.218. The Kier molecular flexibility index (Phi) is 5.34. The molecule has 0 amide bonds. The largest absolute Gasteiger partial charge is 0.624 e. The Balaban J connectivity index is 1.78. The van der Waals surface area contributed by atoms with Gasteiger partial charge in [-0.1, -0.05) is 36.4 Å². The molecular formula is C17H23NO4. The fourth-order valence-corrected chi connectivity index (χ4v) is 2.27. The summed E-state index contributed by atoms with van der Waals surface area (Å²) in [7, 11) is 0. The third-order valence-electron chi connectivity index (χ3n) is 3.41. The molecule has 1 aromatic rings. The molecule has 5 heteroatoms. The lowest BCUT2D eigenvalue weighted by molar-refractivity contribution is -0.471. The van der Waals surface area contributed by atoms with Gasteiger partial charge in [-0.05, 0) is 13.8 Å². The second-order valence-electron chi connectivity index (χ2n) is 5.82. The molecule has 5 nitrogen and oxygen atoms in total. The molecule has 1 aliphatic rings. The summed E-state index contributed by atoms with van der Waals surface area (Å²) in [5.41, 5.74) is 0.315. The SMILES string of the molecule is C=CC1(COC/C=[N+](/[O-])Cc2ccccc2)COC(C)(C)O1. The van der Waals surface area contributed by atoms with Gasteiger partial charge in [0.2, 0.25) is 0 Å². The molecule has 0 saturated carbocycles. The zero-order valence-corrected chi connectivity index (χ0v) is 13.2. The molecule has 0 aromatic heterocycles.